The zero-order valence-electron chi connectivity index (χ0n) is 4.26. The largest absolute Gasteiger partial charge is 0.303 e. The lowest BCUT2D eigenvalue weighted by Gasteiger charge is -1.81. The highest BCUT2D eigenvalue weighted by Crippen LogP contribution is 1.90. The Balaban J connectivity index is 2.68. The average Bonchev–Trinajstić information content (AvgIpc) is 1.69. The molecule has 7 heavy (non-hydrogen) atoms. The van der Waals surface area contributed by atoms with Crippen LogP contribution < -0.4 is 0 Å². The van der Waals surface area contributed by atoms with Crippen LogP contribution in [0, 0.1) is 6.58 Å². The number of hydrogen-bond acceptors (Lipinski definition) is 1. The zero-order valence-corrected chi connectivity index (χ0v) is 4.26. The molecule has 0 aliphatic heterocycles. The molecule has 0 aromatic carbocycles. The van der Waals surface area contributed by atoms with Crippen molar-refractivity contribution in [1.29, 1.82) is 0 Å². The van der Waals surface area contributed by atoms with Crippen LogP contribution in [0.4, 0.5) is 0 Å². The lowest BCUT2D eigenvalue weighted by Crippen LogP contribution is -1.71. The minimum Gasteiger partial charge on any atom is -0.303 e. The average molecular weight is 97.1 g/mol. The van der Waals surface area contributed by atoms with E-state index in [0.29, 0.717) is 6.42 Å². The Hall–Kier alpha value is -0.590. The molecule has 0 aliphatic carbocycles. The zero-order chi connectivity index (χ0) is 5.54. The fourth-order valence-corrected chi connectivity index (χ4v) is 0.319. The summed E-state index contributed by atoms with van der Waals surface area (Å²) in [6.45, 7) is 5.03. The second kappa shape index (κ2) is 5.41. The van der Waals surface area contributed by atoms with Crippen LogP contribution in [-0.2, 0) is 4.79 Å². The van der Waals surface area contributed by atoms with Crippen LogP contribution in [0.25, 0.3) is 0 Å². The number of aldehydes is 1. The van der Waals surface area contributed by atoms with Gasteiger partial charge in [-0.05, 0) is 12.8 Å². The van der Waals surface area contributed by atoms with Crippen molar-refractivity contribution in [2.75, 3.05) is 0 Å². The summed E-state index contributed by atoms with van der Waals surface area (Å²) in [6.07, 6.45) is 4.85. The van der Waals surface area contributed by atoms with Crippen LogP contribution in [-0.4, -0.2) is 6.29 Å². The molecule has 1 nitrogen and oxygen atoms in total. The Morgan fingerprint density at radius 2 is 2.14 bits per heavy atom. The van der Waals surface area contributed by atoms with Crippen LogP contribution in [0.15, 0.2) is 6.08 Å². The van der Waals surface area contributed by atoms with Crippen LogP contribution in [0.3, 0.4) is 0 Å². The highest BCUT2D eigenvalue weighted by atomic mass is 16.1. The van der Waals surface area contributed by atoms with E-state index in [1.54, 1.807) is 6.08 Å². The second-order valence-electron chi connectivity index (χ2n) is 1.33. The van der Waals surface area contributed by atoms with Crippen LogP contribution in [0.5, 0.6) is 0 Å². The Morgan fingerprint density at radius 3 is 2.57 bits per heavy atom. The fourth-order valence-electron chi connectivity index (χ4n) is 0.319. The molecule has 39 valence electrons. The van der Waals surface area contributed by atoms with E-state index >= 15 is 0 Å². The number of carbonyl (C=O) groups excluding carboxylic acids is 1. The minimum absolute atomic E-state index is 0.633. The van der Waals surface area contributed by atoms with E-state index < -0.39 is 0 Å². The minimum atomic E-state index is 0.633. The standard InChI is InChI=1S/C6H9O/c1-2-3-4-5-6-7/h1-2,6H,3-5H2. The summed E-state index contributed by atoms with van der Waals surface area (Å²) in [5, 5.41) is 0. The van der Waals surface area contributed by atoms with Crippen LogP contribution >= 0.6 is 0 Å². The number of rotatable bonds is 4. The van der Waals surface area contributed by atoms with Gasteiger partial charge in [0.2, 0.25) is 0 Å². The predicted octanol–water partition coefficient (Wildman–Crippen LogP) is 1.34. The lowest BCUT2D eigenvalue weighted by atomic mass is 10.2. The molecule has 0 fully saturated rings. The first kappa shape index (κ1) is 6.41. The maximum absolute atomic E-state index is 9.62. The van der Waals surface area contributed by atoms with E-state index in [2.05, 4.69) is 0 Å². The molecule has 0 aliphatic rings. The lowest BCUT2D eigenvalue weighted by molar-refractivity contribution is -0.107. The Kier molecular flexibility index (Phi) is 4.95. The number of hydrogen-bond donors (Lipinski definition) is 0. The Bertz CT molecular complexity index is 49.2. The van der Waals surface area contributed by atoms with Gasteiger partial charge in [0, 0.05) is 6.42 Å². The summed E-state index contributed by atoms with van der Waals surface area (Å²) in [6, 6.07) is 0. The van der Waals surface area contributed by atoms with E-state index in [4.69, 9.17) is 6.58 Å². The Morgan fingerprint density at radius 1 is 1.43 bits per heavy atom. The third-order valence-corrected chi connectivity index (χ3v) is 0.693. The van der Waals surface area contributed by atoms with E-state index in [9.17, 15) is 4.79 Å². The molecule has 1 heteroatoms. The van der Waals surface area contributed by atoms with Crippen molar-refractivity contribution >= 4 is 6.29 Å². The molecule has 0 atom stereocenters. The van der Waals surface area contributed by atoms with Crippen molar-refractivity contribution in [3.8, 4) is 0 Å². The highest BCUT2D eigenvalue weighted by Gasteiger charge is 1.77. The van der Waals surface area contributed by atoms with Gasteiger partial charge in [0.1, 0.15) is 6.29 Å². The van der Waals surface area contributed by atoms with Gasteiger partial charge in [-0.25, -0.2) is 0 Å². The molecule has 0 spiro atoms. The first-order chi connectivity index (χ1) is 3.41. The van der Waals surface area contributed by atoms with E-state index in [1.165, 1.54) is 0 Å². The molecule has 0 saturated heterocycles. The van der Waals surface area contributed by atoms with Gasteiger partial charge in [0.25, 0.3) is 0 Å². The molecular weight excluding hydrogens is 88.1 g/mol. The van der Waals surface area contributed by atoms with Crippen molar-refractivity contribution in [1.82, 2.24) is 0 Å². The van der Waals surface area contributed by atoms with E-state index in [-0.39, 0.29) is 0 Å². The summed E-state index contributed by atoms with van der Waals surface area (Å²) < 4.78 is 0. The van der Waals surface area contributed by atoms with Gasteiger partial charge in [-0.1, -0.05) is 12.7 Å². The van der Waals surface area contributed by atoms with Gasteiger partial charge in [0.05, 0.1) is 0 Å². The van der Waals surface area contributed by atoms with Crippen molar-refractivity contribution in [3.05, 3.63) is 12.7 Å². The van der Waals surface area contributed by atoms with Gasteiger partial charge in [-0.3, -0.25) is 0 Å². The second-order valence-corrected chi connectivity index (χ2v) is 1.33. The molecule has 0 N–H and O–H groups in total. The molecule has 0 heterocycles. The summed E-state index contributed by atoms with van der Waals surface area (Å²) in [4.78, 5) is 9.62. The summed E-state index contributed by atoms with van der Waals surface area (Å²) in [7, 11) is 0. The molecule has 0 aromatic heterocycles. The van der Waals surface area contributed by atoms with Crippen LogP contribution in [0.1, 0.15) is 19.3 Å². The van der Waals surface area contributed by atoms with Crippen molar-refractivity contribution in [3.63, 3.8) is 0 Å². The summed E-state index contributed by atoms with van der Waals surface area (Å²) in [5.41, 5.74) is 0. The summed E-state index contributed by atoms with van der Waals surface area (Å²) in [5.74, 6) is 0. The van der Waals surface area contributed by atoms with Crippen molar-refractivity contribution in [2.24, 2.45) is 0 Å². The van der Waals surface area contributed by atoms with Gasteiger partial charge in [-0.2, -0.15) is 0 Å². The number of unbranched alkanes of at least 4 members (excludes halogenated alkanes) is 2. The van der Waals surface area contributed by atoms with Crippen LogP contribution in [0.2, 0.25) is 0 Å². The topological polar surface area (TPSA) is 17.1 Å². The normalized spacial score (nSPS) is 8.00. The summed E-state index contributed by atoms with van der Waals surface area (Å²) >= 11 is 0. The first-order valence-corrected chi connectivity index (χ1v) is 2.39. The first-order valence-electron chi connectivity index (χ1n) is 2.39. The van der Waals surface area contributed by atoms with E-state index in [1.807, 2.05) is 0 Å². The van der Waals surface area contributed by atoms with E-state index in [0.717, 1.165) is 19.1 Å². The molecule has 0 amide bonds. The maximum atomic E-state index is 9.62. The molecule has 0 aromatic rings. The number of allylic oxidation sites excluding steroid dienone is 1. The monoisotopic (exact) mass is 97.1 g/mol. The molecule has 0 unspecified atom stereocenters. The highest BCUT2D eigenvalue weighted by molar-refractivity contribution is 5.48. The van der Waals surface area contributed by atoms with Gasteiger partial charge in [0.15, 0.2) is 0 Å². The smallest absolute Gasteiger partial charge is 0.120 e. The Labute approximate surface area is 44.0 Å². The molecular formula is C6H9O. The molecule has 0 saturated carbocycles. The van der Waals surface area contributed by atoms with Crippen molar-refractivity contribution < 1.29 is 4.79 Å². The SMILES string of the molecule is [CH]=CCCCC=O. The van der Waals surface area contributed by atoms with Gasteiger partial charge >= 0.3 is 0 Å². The molecule has 1 radical (unpaired) electrons. The maximum Gasteiger partial charge on any atom is 0.120 e. The quantitative estimate of drug-likeness (QED) is 0.382. The van der Waals surface area contributed by atoms with Gasteiger partial charge in [-0.15, -0.1) is 0 Å². The number of carbonyl (C=O) groups is 1. The molecule has 0 bridgehead atoms. The fraction of sp³-hybridized carbons (Fsp3) is 0.500. The van der Waals surface area contributed by atoms with Gasteiger partial charge < -0.3 is 4.79 Å². The predicted molar refractivity (Wildman–Crippen MR) is 28.8 cm³/mol. The van der Waals surface area contributed by atoms with Crippen molar-refractivity contribution in [2.45, 2.75) is 19.3 Å². The third kappa shape index (κ3) is 5.41. The third-order valence-electron chi connectivity index (χ3n) is 0.693. The molecule has 0 rings (SSSR count).